The number of carbonyl (C=O) groups is 1. The molecule has 0 unspecified atom stereocenters. The van der Waals surface area contributed by atoms with Gasteiger partial charge in [-0.2, -0.15) is 0 Å². The van der Waals surface area contributed by atoms with Gasteiger partial charge in [-0.25, -0.2) is 4.39 Å². The smallest absolute Gasteiger partial charge is 0.255 e. The molecule has 1 amide bonds. The number of hydrogen-bond acceptors (Lipinski definition) is 4. The fraction of sp³-hybridized carbons (Fsp3) is 0.143. The molecule has 0 bridgehead atoms. The standard InChI is InChI=1S/C14H15FN4O/c1-9-6-13(19-16)11(8-17-9)14(20)18-7-10-4-2-3-5-12(10)15/h2-6,8H,7,16H2,1H3,(H,17,19)(H,18,20). The normalized spacial score (nSPS) is 10.2. The van der Waals surface area contributed by atoms with Crippen molar-refractivity contribution in [2.24, 2.45) is 5.84 Å². The molecule has 2 aromatic rings. The molecule has 0 aliphatic carbocycles. The zero-order chi connectivity index (χ0) is 14.5. The van der Waals surface area contributed by atoms with Crippen LogP contribution >= 0.6 is 0 Å². The third-order valence-corrected chi connectivity index (χ3v) is 2.84. The number of anilines is 1. The van der Waals surface area contributed by atoms with Crippen LogP contribution in [0.15, 0.2) is 36.5 Å². The summed E-state index contributed by atoms with van der Waals surface area (Å²) in [5.74, 6) is 4.65. The number of nitrogen functional groups attached to an aromatic ring is 1. The van der Waals surface area contributed by atoms with Crippen molar-refractivity contribution in [2.75, 3.05) is 5.43 Å². The summed E-state index contributed by atoms with van der Waals surface area (Å²) in [6.07, 6.45) is 1.43. The Morgan fingerprint density at radius 1 is 1.40 bits per heavy atom. The lowest BCUT2D eigenvalue weighted by Gasteiger charge is -2.10. The topological polar surface area (TPSA) is 80.0 Å². The molecule has 1 heterocycles. The first-order valence-electron chi connectivity index (χ1n) is 6.06. The van der Waals surface area contributed by atoms with Crippen molar-refractivity contribution in [3.8, 4) is 0 Å². The highest BCUT2D eigenvalue weighted by Crippen LogP contribution is 2.14. The van der Waals surface area contributed by atoms with E-state index in [-0.39, 0.29) is 18.3 Å². The predicted octanol–water partition coefficient (Wildman–Crippen LogP) is 1.74. The van der Waals surface area contributed by atoms with Crippen molar-refractivity contribution >= 4 is 11.6 Å². The first-order valence-corrected chi connectivity index (χ1v) is 6.06. The van der Waals surface area contributed by atoms with E-state index in [9.17, 15) is 9.18 Å². The number of carbonyl (C=O) groups excluding carboxylic acids is 1. The highest BCUT2D eigenvalue weighted by molar-refractivity contribution is 5.99. The van der Waals surface area contributed by atoms with Crippen LogP contribution < -0.4 is 16.6 Å². The van der Waals surface area contributed by atoms with E-state index in [0.29, 0.717) is 16.8 Å². The Balaban J connectivity index is 2.11. The average molecular weight is 274 g/mol. The van der Waals surface area contributed by atoms with Gasteiger partial charge in [-0.3, -0.25) is 15.6 Å². The zero-order valence-electron chi connectivity index (χ0n) is 11.0. The minimum absolute atomic E-state index is 0.101. The average Bonchev–Trinajstić information content (AvgIpc) is 2.46. The van der Waals surface area contributed by atoms with Gasteiger partial charge < -0.3 is 10.7 Å². The summed E-state index contributed by atoms with van der Waals surface area (Å²) in [6, 6.07) is 7.94. The van der Waals surface area contributed by atoms with E-state index in [4.69, 9.17) is 5.84 Å². The molecule has 0 fully saturated rings. The fourth-order valence-electron chi connectivity index (χ4n) is 1.77. The highest BCUT2D eigenvalue weighted by atomic mass is 19.1. The Hall–Kier alpha value is -2.47. The molecule has 104 valence electrons. The van der Waals surface area contributed by atoms with Crippen LogP contribution in [0.1, 0.15) is 21.6 Å². The van der Waals surface area contributed by atoms with Crippen molar-refractivity contribution < 1.29 is 9.18 Å². The van der Waals surface area contributed by atoms with Crippen LogP contribution in [-0.2, 0) is 6.54 Å². The Morgan fingerprint density at radius 3 is 2.85 bits per heavy atom. The molecular formula is C14H15FN4O. The van der Waals surface area contributed by atoms with E-state index < -0.39 is 0 Å². The lowest BCUT2D eigenvalue weighted by atomic mass is 10.1. The van der Waals surface area contributed by atoms with Gasteiger partial charge >= 0.3 is 0 Å². The molecule has 1 aromatic heterocycles. The molecule has 0 atom stereocenters. The van der Waals surface area contributed by atoms with Crippen LogP contribution in [0.4, 0.5) is 10.1 Å². The number of hydrogen-bond donors (Lipinski definition) is 3. The Labute approximate surface area is 116 Å². The van der Waals surface area contributed by atoms with Gasteiger partial charge in [0.25, 0.3) is 5.91 Å². The van der Waals surface area contributed by atoms with Crippen LogP contribution in [0.5, 0.6) is 0 Å². The number of aromatic nitrogens is 1. The second-order valence-electron chi connectivity index (χ2n) is 4.29. The molecule has 0 spiro atoms. The van der Waals surface area contributed by atoms with Crippen LogP contribution in [0.2, 0.25) is 0 Å². The number of hydrazine groups is 1. The minimum atomic E-state index is -0.367. The van der Waals surface area contributed by atoms with Crippen molar-refractivity contribution in [1.29, 1.82) is 0 Å². The Morgan fingerprint density at radius 2 is 2.15 bits per heavy atom. The van der Waals surface area contributed by atoms with E-state index in [1.54, 1.807) is 31.2 Å². The van der Waals surface area contributed by atoms with Crippen LogP contribution in [0.25, 0.3) is 0 Å². The highest BCUT2D eigenvalue weighted by Gasteiger charge is 2.12. The van der Waals surface area contributed by atoms with Gasteiger partial charge in [0.2, 0.25) is 0 Å². The van der Waals surface area contributed by atoms with Gasteiger partial charge in [-0.1, -0.05) is 18.2 Å². The molecule has 0 saturated carbocycles. The summed E-state index contributed by atoms with van der Waals surface area (Å²) in [5, 5.41) is 2.64. The number of benzene rings is 1. The van der Waals surface area contributed by atoms with Crippen LogP contribution in [0.3, 0.4) is 0 Å². The second kappa shape index (κ2) is 6.12. The van der Waals surface area contributed by atoms with Crippen molar-refractivity contribution in [3.63, 3.8) is 0 Å². The van der Waals surface area contributed by atoms with E-state index in [1.165, 1.54) is 12.3 Å². The summed E-state index contributed by atoms with van der Waals surface area (Å²) < 4.78 is 13.4. The monoisotopic (exact) mass is 274 g/mol. The number of aryl methyl sites for hydroxylation is 1. The van der Waals surface area contributed by atoms with Crippen molar-refractivity contribution in [1.82, 2.24) is 10.3 Å². The number of amides is 1. The van der Waals surface area contributed by atoms with E-state index in [1.807, 2.05) is 0 Å². The zero-order valence-corrected chi connectivity index (χ0v) is 11.0. The molecular weight excluding hydrogens is 259 g/mol. The number of nitrogens with two attached hydrogens (primary N) is 1. The number of nitrogens with one attached hydrogen (secondary N) is 2. The predicted molar refractivity (Wildman–Crippen MR) is 74.4 cm³/mol. The maximum Gasteiger partial charge on any atom is 0.255 e. The van der Waals surface area contributed by atoms with E-state index in [0.717, 1.165) is 5.69 Å². The first-order chi connectivity index (χ1) is 9.61. The number of halogens is 1. The van der Waals surface area contributed by atoms with E-state index in [2.05, 4.69) is 15.7 Å². The second-order valence-corrected chi connectivity index (χ2v) is 4.29. The molecule has 4 N–H and O–H groups in total. The first kappa shape index (κ1) is 14.0. The molecule has 0 radical (unpaired) electrons. The SMILES string of the molecule is Cc1cc(NN)c(C(=O)NCc2ccccc2F)cn1. The Kier molecular flexibility index (Phi) is 4.27. The third kappa shape index (κ3) is 3.10. The summed E-state index contributed by atoms with van der Waals surface area (Å²) >= 11 is 0. The van der Waals surface area contributed by atoms with Crippen molar-refractivity contribution in [3.05, 3.63) is 59.2 Å². The molecule has 0 aliphatic rings. The molecule has 5 nitrogen and oxygen atoms in total. The van der Waals surface area contributed by atoms with Crippen LogP contribution in [-0.4, -0.2) is 10.9 Å². The quantitative estimate of drug-likeness (QED) is 0.586. The fourth-order valence-corrected chi connectivity index (χ4v) is 1.77. The Bertz CT molecular complexity index is 630. The molecule has 0 aliphatic heterocycles. The molecule has 20 heavy (non-hydrogen) atoms. The van der Waals surface area contributed by atoms with Gasteiger partial charge in [0.05, 0.1) is 11.3 Å². The summed E-state index contributed by atoms with van der Waals surface area (Å²) in [6.45, 7) is 1.89. The summed E-state index contributed by atoms with van der Waals surface area (Å²) in [7, 11) is 0. The molecule has 2 rings (SSSR count). The largest absolute Gasteiger partial charge is 0.348 e. The lowest BCUT2D eigenvalue weighted by Crippen LogP contribution is -2.25. The van der Waals surface area contributed by atoms with Gasteiger partial charge in [-0.15, -0.1) is 0 Å². The van der Waals surface area contributed by atoms with Gasteiger partial charge in [0, 0.05) is 24.0 Å². The maximum atomic E-state index is 13.4. The number of rotatable bonds is 4. The van der Waals surface area contributed by atoms with Gasteiger partial charge in [0.15, 0.2) is 0 Å². The van der Waals surface area contributed by atoms with E-state index >= 15 is 0 Å². The van der Waals surface area contributed by atoms with Gasteiger partial charge in [-0.05, 0) is 19.1 Å². The number of nitrogens with zero attached hydrogens (tertiary/aromatic N) is 1. The van der Waals surface area contributed by atoms with Gasteiger partial charge in [0.1, 0.15) is 5.82 Å². The number of pyridine rings is 1. The lowest BCUT2D eigenvalue weighted by molar-refractivity contribution is 0.0951. The minimum Gasteiger partial charge on any atom is -0.348 e. The van der Waals surface area contributed by atoms with Crippen LogP contribution in [0, 0.1) is 12.7 Å². The molecule has 6 heteroatoms. The molecule has 0 saturated heterocycles. The molecule has 1 aromatic carbocycles. The van der Waals surface area contributed by atoms with Crippen molar-refractivity contribution in [2.45, 2.75) is 13.5 Å². The summed E-state index contributed by atoms with van der Waals surface area (Å²) in [4.78, 5) is 16.1. The summed E-state index contributed by atoms with van der Waals surface area (Å²) in [5.41, 5.74) is 4.40. The third-order valence-electron chi connectivity index (χ3n) is 2.84. The maximum absolute atomic E-state index is 13.4.